The summed E-state index contributed by atoms with van der Waals surface area (Å²) >= 11 is 1.11. The molecule has 2 aromatic rings. The van der Waals surface area contributed by atoms with Gasteiger partial charge in [0.1, 0.15) is 5.75 Å². The van der Waals surface area contributed by atoms with Crippen molar-refractivity contribution in [3.8, 4) is 5.75 Å². The van der Waals surface area contributed by atoms with Crippen LogP contribution in [0.1, 0.15) is 0 Å². The van der Waals surface area contributed by atoms with Crippen LogP contribution < -0.4 is 0 Å². The third kappa shape index (κ3) is 3.33. The topological polar surface area (TPSA) is 54.4 Å². The zero-order valence-corrected chi connectivity index (χ0v) is 12.0. The van der Waals surface area contributed by atoms with Crippen LogP contribution in [-0.4, -0.2) is 19.0 Å². The molecular formula is C13H9F3O3S2. The van der Waals surface area contributed by atoms with Crippen LogP contribution in [0.15, 0.2) is 63.2 Å². The summed E-state index contributed by atoms with van der Waals surface area (Å²) in [6, 6.07) is 10.8. The number of sulfone groups is 1. The monoisotopic (exact) mass is 334 g/mol. The van der Waals surface area contributed by atoms with Crippen LogP contribution in [0.2, 0.25) is 0 Å². The number of alkyl halides is 3. The molecule has 8 heteroatoms. The minimum Gasteiger partial charge on any atom is -0.507 e. The molecule has 0 amide bonds. The average molecular weight is 334 g/mol. The maximum absolute atomic E-state index is 12.4. The lowest BCUT2D eigenvalue weighted by Gasteiger charge is -2.09. The molecule has 0 saturated heterocycles. The predicted octanol–water partition coefficient (Wildman–Crippen LogP) is 3.84. The van der Waals surface area contributed by atoms with Gasteiger partial charge in [-0.05, 0) is 36.4 Å². The summed E-state index contributed by atoms with van der Waals surface area (Å²) in [6.07, 6.45) is 0. The zero-order valence-electron chi connectivity index (χ0n) is 10.3. The Bertz CT molecular complexity index is 738. The maximum Gasteiger partial charge on any atom is 0.501 e. The van der Waals surface area contributed by atoms with Crippen LogP contribution in [0, 0.1) is 0 Å². The highest BCUT2D eigenvalue weighted by molar-refractivity contribution is 7.99. The Morgan fingerprint density at radius 1 is 0.952 bits per heavy atom. The van der Waals surface area contributed by atoms with Gasteiger partial charge in [-0.1, -0.05) is 23.9 Å². The molecule has 0 atom stereocenters. The van der Waals surface area contributed by atoms with Gasteiger partial charge in [-0.3, -0.25) is 0 Å². The highest BCUT2D eigenvalue weighted by Crippen LogP contribution is 2.35. The number of halogens is 3. The van der Waals surface area contributed by atoms with Gasteiger partial charge in [-0.15, -0.1) is 0 Å². The molecule has 1 N–H and O–H groups in total. The zero-order chi connectivity index (χ0) is 15.7. The van der Waals surface area contributed by atoms with E-state index in [4.69, 9.17) is 0 Å². The third-order valence-electron chi connectivity index (χ3n) is 2.53. The van der Waals surface area contributed by atoms with Gasteiger partial charge in [0.15, 0.2) is 0 Å². The summed E-state index contributed by atoms with van der Waals surface area (Å²) < 4.78 is 59.6. The first-order valence-corrected chi connectivity index (χ1v) is 7.89. The van der Waals surface area contributed by atoms with Crippen molar-refractivity contribution in [3.05, 3.63) is 48.5 Å². The minimum atomic E-state index is -5.33. The second kappa shape index (κ2) is 5.61. The van der Waals surface area contributed by atoms with Crippen molar-refractivity contribution in [1.29, 1.82) is 0 Å². The molecule has 0 aliphatic heterocycles. The Hall–Kier alpha value is -1.67. The van der Waals surface area contributed by atoms with Crippen LogP contribution in [0.3, 0.4) is 0 Å². The number of benzene rings is 2. The Morgan fingerprint density at radius 3 is 2.05 bits per heavy atom. The van der Waals surface area contributed by atoms with E-state index < -0.39 is 20.2 Å². The molecule has 2 rings (SSSR count). The van der Waals surface area contributed by atoms with Crippen LogP contribution >= 0.6 is 11.8 Å². The molecule has 0 saturated carbocycles. The standard InChI is InChI=1S/C13H9F3O3S2/c14-13(15,16)21(18,19)10-7-5-9(6-8-10)20-12-4-2-1-3-11(12)17/h1-8,17H. The van der Waals surface area contributed by atoms with Gasteiger partial charge >= 0.3 is 5.51 Å². The van der Waals surface area contributed by atoms with Crippen molar-refractivity contribution in [2.24, 2.45) is 0 Å². The first-order valence-electron chi connectivity index (χ1n) is 5.59. The molecule has 0 fully saturated rings. The maximum atomic E-state index is 12.4. The summed E-state index contributed by atoms with van der Waals surface area (Å²) in [5, 5.41) is 9.60. The smallest absolute Gasteiger partial charge is 0.501 e. The first-order chi connectivity index (χ1) is 9.72. The molecule has 2 aromatic carbocycles. The molecule has 0 aliphatic carbocycles. The van der Waals surface area contributed by atoms with Gasteiger partial charge in [0.05, 0.1) is 9.79 Å². The molecule has 0 radical (unpaired) electrons. The van der Waals surface area contributed by atoms with E-state index in [0.29, 0.717) is 9.79 Å². The van der Waals surface area contributed by atoms with Crippen LogP contribution in [0.25, 0.3) is 0 Å². The number of aromatic hydroxyl groups is 1. The lowest BCUT2D eigenvalue weighted by molar-refractivity contribution is -0.0436. The van der Waals surface area contributed by atoms with Gasteiger partial charge in [-0.2, -0.15) is 13.2 Å². The predicted molar refractivity (Wildman–Crippen MR) is 71.9 cm³/mol. The fourth-order valence-corrected chi connectivity index (χ4v) is 3.10. The number of para-hydroxylation sites is 1. The number of phenolic OH excluding ortho intramolecular Hbond substituents is 1. The van der Waals surface area contributed by atoms with Crippen LogP contribution in [0.4, 0.5) is 13.2 Å². The van der Waals surface area contributed by atoms with Gasteiger partial charge in [0, 0.05) is 4.90 Å². The number of hydrogen-bond donors (Lipinski definition) is 1. The first kappa shape index (κ1) is 15.7. The highest BCUT2D eigenvalue weighted by Gasteiger charge is 2.46. The lowest BCUT2D eigenvalue weighted by atomic mass is 10.3. The van der Waals surface area contributed by atoms with Crippen molar-refractivity contribution < 1.29 is 26.7 Å². The van der Waals surface area contributed by atoms with Gasteiger partial charge in [0.25, 0.3) is 9.84 Å². The van der Waals surface area contributed by atoms with Gasteiger partial charge in [0.2, 0.25) is 0 Å². The second-order valence-corrected chi connectivity index (χ2v) is 7.05. The summed E-state index contributed by atoms with van der Waals surface area (Å²) in [5.74, 6) is 0.0366. The number of hydrogen-bond acceptors (Lipinski definition) is 4. The molecule has 0 bridgehead atoms. The van der Waals surface area contributed by atoms with E-state index in [-0.39, 0.29) is 5.75 Å². The van der Waals surface area contributed by atoms with Crippen LogP contribution in [-0.2, 0) is 9.84 Å². The largest absolute Gasteiger partial charge is 0.507 e. The summed E-state index contributed by atoms with van der Waals surface area (Å²) in [7, 11) is -5.33. The van der Waals surface area contributed by atoms with Crippen molar-refractivity contribution in [1.82, 2.24) is 0 Å². The Morgan fingerprint density at radius 2 is 1.52 bits per heavy atom. The summed E-state index contributed by atoms with van der Waals surface area (Å²) in [4.78, 5) is 0.221. The van der Waals surface area contributed by atoms with Crippen molar-refractivity contribution in [2.45, 2.75) is 20.2 Å². The molecular weight excluding hydrogens is 325 g/mol. The van der Waals surface area contributed by atoms with E-state index in [1.165, 1.54) is 18.2 Å². The van der Waals surface area contributed by atoms with E-state index >= 15 is 0 Å². The van der Waals surface area contributed by atoms with Gasteiger partial charge in [-0.25, -0.2) is 8.42 Å². The van der Waals surface area contributed by atoms with Crippen molar-refractivity contribution >= 4 is 21.6 Å². The Balaban J connectivity index is 2.27. The number of phenols is 1. The molecule has 0 heterocycles. The van der Waals surface area contributed by atoms with E-state index in [1.54, 1.807) is 18.2 Å². The van der Waals surface area contributed by atoms with Gasteiger partial charge < -0.3 is 5.11 Å². The van der Waals surface area contributed by atoms with E-state index in [9.17, 15) is 26.7 Å². The van der Waals surface area contributed by atoms with E-state index in [1.807, 2.05) is 0 Å². The lowest BCUT2D eigenvalue weighted by Crippen LogP contribution is -2.23. The summed E-state index contributed by atoms with van der Waals surface area (Å²) in [5.41, 5.74) is -5.32. The highest BCUT2D eigenvalue weighted by atomic mass is 32.2. The average Bonchev–Trinajstić information content (AvgIpc) is 2.41. The van der Waals surface area contributed by atoms with E-state index in [0.717, 1.165) is 23.9 Å². The molecule has 3 nitrogen and oxygen atoms in total. The molecule has 0 spiro atoms. The minimum absolute atomic E-state index is 0.0366. The SMILES string of the molecule is O=S(=O)(c1ccc(Sc2ccccc2O)cc1)C(F)(F)F. The molecule has 112 valence electrons. The third-order valence-corrected chi connectivity index (χ3v) is 5.11. The number of rotatable bonds is 3. The summed E-state index contributed by atoms with van der Waals surface area (Å²) in [6.45, 7) is 0. The Labute approximate surface area is 123 Å². The molecule has 21 heavy (non-hydrogen) atoms. The molecule has 0 unspecified atom stereocenters. The fourth-order valence-electron chi connectivity index (χ4n) is 1.49. The van der Waals surface area contributed by atoms with Crippen molar-refractivity contribution in [3.63, 3.8) is 0 Å². The quantitative estimate of drug-likeness (QED) is 0.927. The normalized spacial score (nSPS) is 12.3. The second-order valence-electron chi connectivity index (χ2n) is 3.99. The Kier molecular flexibility index (Phi) is 4.20. The van der Waals surface area contributed by atoms with Crippen LogP contribution in [0.5, 0.6) is 5.75 Å². The van der Waals surface area contributed by atoms with Crippen molar-refractivity contribution in [2.75, 3.05) is 0 Å². The fraction of sp³-hybridized carbons (Fsp3) is 0.0769. The molecule has 0 aliphatic rings. The van der Waals surface area contributed by atoms with E-state index in [2.05, 4.69) is 0 Å². The molecule has 0 aromatic heterocycles.